The molecule has 4 nitrogen and oxygen atoms in total. The van der Waals surface area contributed by atoms with Gasteiger partial charge in [-0.1, -0.05) is 12.8 Å². The second-order valence-electron chi connectivity index (χ2n) is 4.18. The summed E-state index contributed by atoms with van der Waals surface area (Å²) in [5, 5.41) is 12.1. The first-order valence-electron chi connectivity index (χ1n) is 6.38. The first-order chi connectivity index (χ1) is 7.85. The highest BCUT2D eigenvalue weighted by Gasteiger charge is 2.06. The minimum Gasteiger partial charge on any atom is -0.396 e. The number of aliphatic hydroxyl groups excluding tert-OH is 1. The molecule has 0 radical (unpaired) electrons. The van der Waals surface area contributed by atoms with Crippen LogP contribution in [0.1, 0.15) is 38.5 Å². The van der Waals surface area contributed by atoms with Crippen LogP contribution in [0.4, 0.5) is 0 Å². The van der Waals surface area contributed by atoms with E-state index in [1.54, 1.807) is 7.11 Å². The van der Waals surface area contributed by atoms with Crippen LogP contribution in [0.3, 0.4) is 0 Å². The lowest BCUT2D eigenvalue weighted by Crippen LogP contribution is -2.34. The van der Waals surface area contributed by atoms with Gasteiger partial charge in [0.1, 0.15) is 0 Å². The number of methoxy groups -OCH3 is 1. The van der Waals surface area contributed by atoms with Crippen molar-refractivity contribution in [2.45, 2.75) is 44.6 Å². The number of hydrogen-bond acceptors (Lipinski definition) is 4. The highest BCUT2D eigenvalue weighted by molar-refractivity contribution is 4.66. The molecule has 0 rings (SSSR count). The molecule has 0 saturated carbocycles. The molecule has 16 heavy (non-hydrogen) atoms. The molecule has 98 valence electrons. The molecule has 0 aromatic heterocycles. The number of aliphatic hydroxyl groups is 1. The van der Waals surface area contributed by atoms with Crippen molar-refractivity contribution in [1.82, 2.24) is 5.32 Å². The summed E-state index contributed by atoms with van der Waals surface area (Å²) in [5.41, 5.74) is 5.49. The Morgan fingerprint density at radius 1 is 1.19 bits per heavy atom. The molecule has 4 N–H and O–H groups in total. The summed E-state index contributed by atoms with van der Waals surface area (Å²) in [4.78, 5) is 0. The molecule has 4 heteroatoms. The van der Waals surface area contributed by atoms with Gasteiger partial charge in [0.15, 0.2) is 0 Å². The molecule has 0 aliphatic rings. The summed E-state index contributed by atoms with van der Waals surface area (Å²) >= 11 is 0. The van der Waals surface area contributed by atoms with Crippen LogP contribution in [-0.2, 0) is 4.74 Å². The van der Waals surface area contributed by atoms with Crippen LogP contribution in [0.5, 0.6) is 0 Å². The van der Waals surface area contributed by atoms with Crippen LogP contribution >= 0.6 is 0 Å². The SMILES string of the molecule is COCC(CCCN)NCCCCCCO. The average Bonchev–Trinajstić information content (AvgIpc) is 2.30. The van der Waals surface area contributed by atoms with E-state index in [2.05, 4.69) is 5.32 Å². The molecule has 0 bridgehead atoms. The predicted octanol–water partition coefficient (Wildman–Crippen LogP) is 0.883. The lowest BCUT2D eigenvalue weighted by molar-refractivity contribution is 0.161. The molecule has 0 aliphatic carbocycles. The minimum absolute atomic E-state index is 0.316. The molecular weight excluding hydrogens is 204 g/mol. The Bertz CT molecular complexity index is 134. The molecule has 0 heterocycles. The number of ether oxygens (including phenoxy) is 1. The maximum Gasteiger partial charge on any atom is 0.0615 e. The lowest BCUT2D eigenvalue weighted by atomic mass is 10.1. The van der Waals surface area contributed by atoms with Crippen molar-refractivity contribution in [3.63, 3.8) is 0 Å². The largest absolute Gasteiger partial charge is 0.396 e. The standard InChI is InChI=1S/C12H28N2O2/c1-16-11-12(7-6-8-13)14-9-4-2-3-5-10-15/h12,14-15H,2-11,13H2,1H3. The summed E-state index contributed by atoms with van der Waals surface area (Å²) in [6, 6.07) is 0.436. The molecule has 0 aromatic carbocycles. The maximum absolute atomic E-state index is 8.63. The normalized spacial score (nSPS) is 12.9. The van der Waals surface area contributed by atoms with Gasteiger partial charge in [-0.3, -0.25) is 0 Å². The fourth-order valence-corrected chi connectivity index (χ4v) is 1.71. The van der Waals surface area contributed by atoms with E-state index in [1.165, 1.54) is 12.8 Å². The van der Waals surface area contributed by atoms with Gasteiger partial charge in [-0.05, 0) is 38.8 Å². The number of hydrogen-bond donors (Lipinski definition) is 3. The molecule has 0 fully saturated rings. The van der Waals surface area contributed by atoms with Gasteiger partial charge in [-0.25, -0.2) is 0 Å². The van der Waals surface area contributed by atoms with Crippen LogP contribution in [-0.4, -0.2) is 44.6 Å². The lowest BCUT2D eigenvalue weighted by Gasteiger charge is -2.17. The number of rotatable bonds is 12. The summed E-state index contributed by atoms with van der Waals surface area (Å²) in [5.74, 6) is 0. The zero-order chi connectivity index (χ0) is 12.1. The summed E-state index contributed by atoms with van der Waals surface area (Å²) < 4.78 is 5.16. The second-order valence-corrected chi connectivity index (χ2v) is 4.18. The van der Waals surface area contributed by atoms with Gasteiger partial charge in [-0.15, -0.1) is 0 Å². The van der Waals surface area contributed by atoms with Crippen LogP contribution in [0, 0.1) is 0 Å². The molecule has 1 atom stereocenters. The van der Waals surface area contributed by atoms with Gasteiger partial charge in [0.2, 0.25) is 0 Å². The average molecular weight is 232 g/mol. The zero-order valence-electron chi connectivity index (χ0n) is 10.6. The van der Waals surface area contributed by atoms with Gasteiger partial charge < -0.3 is 20.9 Å². The first-order valence-corrected chi connectivity index (χ1v) is 6.38. The highest BCUT2D eigenvalue weighted by Crippen LogP contribution is 2.00. The van der Waals surface area contributed by atoms with Crippen LogP contribution in [0.15, 0.2) is 0 Å². The number of nitrogens with one attached hydrogen (secondary N) is 1. The van der Waals surface area contributed by atoms with Crippen molar-refractivity contribution in [3.8, 4) is 0 Å². The van der Waals surface area contributed by atoms with Gasteiger partial charge in [-0.2, -0.15) is 0 Å². The molecule has 0 aliphatic heterocycles. The Balaban J connectivity index is 3.36. The predicted molar refractivity (Wildman–Crippen MR) is 67.5 cm³/mol. The summed E-state index contributed by atoms with van der Waals surface area (Å²) in [6.07, 6.45) is 6.53. The topological polar surface area (TPSA) is 67.5 Å². The van der Waals surface area contributed by atoms with Crippen molar-refractivity contribution < 1.29 is 9.84 Å². The fraction of sp³-hybridized carbons (Fsp3) is 1.00. The summed E-state index contributed by atoms with van der Waals surface area (Å²) in [6.45, 7) is 2.86. The summed E-state index contributed by atoms with van der Waals surface area (Å²) in [7, 11) is 1.73. The van der Waals surface area contributed by atoms with Crippen molar-refractivity contribution >= 4 is 0 Å². The van der Waals surface area contributed by atoms with Gasteiger partial charge in [0.05, 0.1) is 6.61 Å². The third-order valence-electron chi connectivity index (χ3n) is 2.64. The Morgan fingerprint density at radius 2 is 1.94 bits per heavy atom. The minimum atomic E-state index is 0.316. The fourth-order valence-electron chi connectivity index (χ4n) is 1.71. The van der Waals surface area contributed by atoms with E-state index in [9.17, 15) is 0 Å². The molecule has 0 aromatic rings. The van der Waals surface area contributed by atoms with E-state index in [1.807, 2.05) is 0 Å². The monoisotopic (exact) mass is 232 g/mol. The van der Waals surface area contributed by atoms with Crippen molar-refractivity contribution in [2.24, 2.45) is 5.73 Å². The molecule has 0 spiro atoms. The van der Waals surface area contributed by atoms with Crippen LogP contribution < -0.4 is 11.1 Å². The number of nitrogens with two attached hydrogens (primary N) is 1. The van der Waals surface area contributed by atoms with Crippen LogP contribution in [0.2, 0.25) is 0 Å². The number of unbranched alkanes of at least 4 members (excludes halogenated alkanes) is 3. The molecule has 1 unspecified atom stereocenters. The molecular formula is C12H28N2O2. The van der Waals surface area contributed by atoms with E-state index < -0.39 is 0 Å². The van der Waals surface area contributed by atoms with Crippen molar-refractivity contribution in [1.29, 1.82) is 0 Å². The van der Waals surface area contributed by atoms with Crippen molar-refractivity contribution in [3.05, 3.63) is 0 Å². The maximum atomic E-state index is 8.63. The highest BCUT2D eigenvalue weighted by atomic mass is 16.5. The van der Waals surface area contributed by atoms with Gasteiger partial charge >= 0.3 is 0 Å². The zero-order valence-corrected chi connectivity index (χ0v) is 10.6. The van der Waals surface area contributed by atoms with E-state index in [0.29, 0.717) is 12.6 Å². The smallest absolute Gasteiger partial charge is 0.0615 e. The second kappa shape index (κ2) is 12.9. The molecule has 0 amide bonds. The van der Waals surface area contributed by atoms with E-state index in [-0.39, 0.29) is 0 Å². The van der Waals surface area contributed by atoms with E-state index >= 15 is 0 Å². The Kier molecular flexibility index (Phi) is 12.8. The molecule has 0 saturated heterocycles. The third kappa shape index (κ3) is 10.4. The van der Waals surface area contributed by atoms with Crippen LogP contribution in [0.25, 0.3) is 0 Å². The Morgan fingerprint density at radius 3 is 2.56 bits per heavy atom. The van der Waals surface area contributed by atoms with Gasteiger partial charge in [0.25, 0.3) is 0 Å². The third-order valence-corrected chi connectivity index (χ3v) is 2.64. The Labute approximate surface area is 99.6 Å². The van der Waals surface area contributed by atoms with Gasteiger partial charge in [0, 0.05) is 19.8 Å². The quantitative estimate of drug-likeness (QED) is 0.437. The van der Waals surface area contributed by atoms with Crippen molar-refractivity contribution in [2.75, 3.05) is 33.4 Å². The van der Waals surface area contributed by atoms with E-state index in [0.717, 1.165) is 45.4 Å². The Hall–Kier alpha value is -0.160. The first kappa shape index (κ1) is 15.8. The van der Waals surface area contributed by atoms with E-state index in [4.69, 9.17) is 15.6 Å².